The molecule has 104 valence electrons. The van der Waals surface area contributed by atoms with Gasteiger partial charge in [-0.1, -0.05) is 18.2 Å². The summed E-state index contributed by atoms with van der Waals surface area (Å²) in [5.74, 6) is 0.111. The van der Waals surface area contributed by atoms with Crippen LogP contribution in [-0.2, 0) is 21.1 Å². The van der Waals surface area contributed by atoms with Crippen molar-refractivity contribution < 1.29 is 13.2 Å². The summed E-state index contributed by atoms with van der Waals surface area (Å²) in [5.41, 5.74) is 1.21. The summed E-state index contributed by atoms with van der Waals surface area (Å²) < 4.78 is 21.9. The van der Waals surface area contributed by atoms with E-state index in [2.05, 4.69) is 5.32 Å². The zero-order valence-corrected chi connectivity index (χ0v) is 12.4. The summed E-state index contributed by atoms with van der Waals surface area (Å²) in [5, 5.41) is 2.72. The zero-order chi connectivity index (χ0) is 13.9. The Kier molecular flexibility index (Phi) is 4.52. The molecule has 19 heavy (non-hydrogen) atoms. The van der Waals surface area contributed by atoms with Crippen LogP contribution in [0.2, 0.25) is 0 Å². The molecule has 6 heteroatoms. The van der Waals surface area contributed by atoms with Gasteiger partial charge >= 0.3 is 0 Å². The predicted octanol–water partition coefficient (Wildman–Crippen LogP) is 1.25. The molecule has 1 heterocycles. The molecule has 1 aromatic rings. The van der Waals surface area contributed by atoms with Crippen LogP contribution in [-0.4, -0.2) is 38.1 Å². The summed E-state index contributed by atoms with van der Waals surface area (Å²) >= 11 is 1.58. The van der Waals surface area contributed by atoms with E-state index in [-0.39, 0.29) is 16.9 Å². The maximum atomic E-state index is 12.0. The largest absolute Gasteiger partial charge is 0.355 e. The van der Waals surface area contributed by atoms with E-state index in [0.717, 1.165) is 6.42 Å². The van der Waals surface area contributed by atoms with Gasteiger partial charge in [0.05, 0.1) is 11.0 Å². The Hall–Kier alpha value is -1.01. The average molecular weight is 299 g/mol. The number of benzene rings is 1. The number of carbonyl (C=O) groups excluding carboxylic acids is 1. The van der Waals surface area contributed by atoms with Crippen molar-refractivity contribution in [2.45, 2.75) is 23.0 Å². The first-order chi connectivity index (χ1) is 8.96. The molecule has 0 bridgehead atoms. The lowest BCUT2D eigenvalue weighted by Crippen LogP contribution is -2.33. The number of carbonyl (C=O) groups is 1. The van der Waals surface area contributed by atoms with Crippen LogP contribution in [0.4, 0.5) is 0 Å². The van der Waals surface area contributed by atoms with Gasteiger partial charge in [0.25, 0.3) is 0 Å². The van der Waals surface area contributed by atoms with E-state index >= 15 is 0 Å². The molecule has 0 aromatic heterocycles. The van der Waals surface area contributed by atoms with Gasteiger partial charge in [-0.15, -0.1) is 11.8 Å². The van der Waals surface area contributed by atoms with Gasteiger partial charge in [0, 0.05) is 17.7 Å². The van der Waals surface area contributed by atoms with E-state index in [1.54, 1.807) is 11.8 Å². The molecule has 0 fully saturated rings. The van der Waals surface area contributed by atoms with Crippen molar-refractivity contribution in [3.63, 3.8) is 0 Å². The first kappa shape index (κ1) is 14.4. The molecule has 1 N–H and O–H groups in total. The second-order valence-electron chi connectivity index (χ2n) is 4.69. The van der Waals surface area contributed by atoms with Crippen molar-refractivity contribution in [1.29, 1.82) is 0 Å². The van der Waals surface area contributed by atoms with Crippen LogP contribution in [0.3, 0.4) is 0 Å². The minimum absolute atomic E-state index is 0.00491. The van der Waals surface area contributed by atoms with Gasteiger partial charge in [0.15, 0.2) is 0 Å². The van der Waals surface area contributed by atoms with Gasteiger partial charge in [-0.3, -0.25) is 4.79 Å². The standard InChI is InChI=1S/C13H17NO3S2/c1-19(16,17)8-4-7-14-13(15)12-9-10-5-2-3-6-11(10)18-12/h2-3,5-6,12H,4,7-9H2,1H3,(H,14,15)/t12-/m0/s1. The first-order valence-electron chi connectivity index (χ1n) is 6.16. The monoisotopic (exact) mass is 299 g/mol. The molecule has 0 unspecified atom stereocenters. The number of hydrogen-bond acceptors (Lipinski definition) is 4. The Morgan fingerprint density at radius 2 is 2.16 bits per heavy atom. The highest BCUT2D eigenvalue weighted by Crippen LogP contribution is 2.36. The molecule has 0 spiro atoms. The molecular weight excluding hydrogens is 282 g/mol. The summed E-state index contributed by atoms with van der Waals surface area (Å²) in [6.07, 6.45) is 2.42. The fourth-order valence-corrected chi connectivity index (χ4v) is 3.88. The van der Waals surface area contributed by atoms with Gasteiger partial charge in [0.1, 0.15) is 9.84 Å². The van der Waals surface area contributed by atoms with Crippen LogP contribution in [0.25, 0.3) is 0 Å². The van der Waals surface area contributed by atoms with E-state index < -0.39 is 9.84 Å². The number of nitrogens with one attached hydrogen (secondary N) is 1. The molecule has 0 radical (unpaired) electrons. The minimum atomic E-state index is -2.94. The summed E-state index contributed by atoms with van der Waals surface area (Å²) in [6.45, 7) is 0.416. The van der Waals surface area contributed by atoms with Crippen molar-refractivity contribution in [3.8, 4) is 0 Å². The molecule has 1 aromatic carbocycles. The van der Waals surface area contributed by atoms with E-state index in [4.69, 9.17) is 0 Å². The van der Waals surface area contributed by atoms with Gasteiger partial charge in [-0.2, -0.15) is 0 Å². The Morgan fingerprint density at radius 1 is 1.42 bits per heavy atom. The molecule has 1 aliphatic rings. The quantitative estimate of drug-likeness (QED) is 0.831. The number of thioether (sulfide) groups is 1. The second-order valence-corrected chi connectivity index (χ2v) is 8.20. The van der Waals surface area contributed by atoms with Gasteiger partial charge in [0.2, 0.25) is 5.91 Å². The highest BCUT2D eigenvalue weighted by Gasteiger charge is 2.27. The van der Waals surface area contributed by atoms with Crippen LogP contribution in [0.5, 0.6) is 0 Å². The van der Waals surface area contributed by atoms with Crippen molar-refractivity contribution in [3.05, 3.63) is 29.8 Å². The normalized spacial score (nSPS) is 18.1. The lowest BCUT2D eigenvalue weighted by atomic mass is 10.1. The molecule has 1 aliphatic heterocycles. The summed E-state index contributed by atoms with van der Waals surface area (Å²) in [4.78, 5) is 13.1. The van der Waals surface area contributed by atoms with Crippen LogP contribution in [0.1, 0.15) is 12.0 Å². The highest BCUT2D eigenvalue weighted by molar-refractivity contribution is 8.01. The molecule has 0 aliphatic carbocycles. The third-order valence-corrected chi connectivity index (χ3v) is 5.28. The Labute approximate surface area is 117 Å². The van der Waals surface area contributed by atoms with E-state index in [1.807, 2.05) is 24.3 Å². The molecule has 4 nitrogen and oxygen atoms in total. The second kappa shape index (κ2) is 5.96. The molecule has 0 saturated carbocycles. The number of fused-ring (bicyclic) bond motifs is 1. The maximum absolute atomic E-state index is 12.0. The van der Waals surface area contributed by atoms with Gasteiger partial charge < -0.3 is 5.32 Å². The number of amides is 1. The third kappa shape index (κ3) is 4.24. The average Bonchev–Trinajstić information content (AvgIpc) is 2.77. The lowest BCUT2D eigenvalue weighted by Gasteiger charge is -2.09. The minimum Gasteiger partial charge on any atom is -0.355 e. The van der Waals surface area contributed by atoms with Gasteiger partial charge in [-0.05, 0) is 24.5 Å². The van der Waals surface area contributed by atoms with Crippen LogP contribution < -0.4 is 5.32 Å². The fraction of sp³-hybridized carbons (Fsp3) is 0.462. The summed E-state index contributed by atoms with van der Waals surface area (Å²) in [6, 6.07) is 8.01. The smallest absolute Gasteiger partial charge is 0.233 e. The van der Waals surface area contributed by atoms with Crippen LogP contribution in [0.15, 0.2) is 29.2 Å². The van der Waals surface area contributed by atoms with E-state index in [1.165, 1.54) is 16.7 Å². The lowest BCUT2D eigenvalue weighted by molar-refractivity contribution is -0.120. The number of hydrogen-bond donors (Lipinski definition) is 1. The van der Waals surface area contributed by atoms with Crippen molar-refractivity contribution in [1.82, 2.24) is 5.32 Å². The Balaban J connectivity index is 1.77. The first-order valence-corrected chi connectivity index (χ1v) is 9.10. The molecule has 1 amide bonds. The Bertz CT molecular complexity index is 544. The molecule has 2 rings (SSSR count). The SMILES string of the molecule is CS(=O)(=O)CCCNC(=O)[C@@H]1Cc2ccccc2S1. The fourth-order valence-electron chi connectivity index (χ4n) is 1.99. The topological polar surface area (TPSA) is 63.2 Å². The zero-order valence-electron chi connectivity index (χ0n) is 10.8. The summed E-state index contributed by atoms with van der Waals surface area (Å²) in [7, 11) is -2.94. The highest BCUT2D eigenvalue weighted by atomic mass is 32.2. The maximum Gasteiger partial charge on any atom is 0.233 e. The molecule has 0 saturated heterocycles. The Morgan fingerprint density at radius 3 is 2.84 bits per heavy atom. The van der Waals surface area contributed by atoms with Crippen LogP contribution >= 0.6 is 11.8 Å². The van der Waals surface area contributed by atoms with E-state index in [9.17, 15) is 13.2 Å². The van der Waals surface area contributed by atoms with Gasteiger partial charge in [-0.25, -0.2) is 8.42 Å². The number of rotatable bonds is 5. The molecule has 1 atom stereocenters. The number of sulfone groups is 1. The van der Waals surface area contributed by atoms with Crippen molar-refractivity contribution in [2.75, 3.05) is 18.6 Å². The van der Waals surface area contributed by atoms with E-state index in [0.29, 0.717) is 13.0 Å². The van der Waals surface area contributed by atoms with Crippen molar-refractivity contribution in [2.24, 2.45) is 0 Å². The van der Waals surface area contributed by atoms with Crippen LogP contribution in [0, 0.1) is 0 Å². The third-order valence-electron chi connectivity index (χ3n) is 2.93. The molecular formula is C13H17NO3S2. The predicted molar refractivity (Wildman–Crippen MR) is 77.1 cm³/mol. The van der Waals surface area contributed by atoms with Crippen molar-refractivity contribution >= 4 is 27.5 Å².